The van der Waals surface area contributed by atoms with Crippen molar-refractivity contribution in [2.45, 2.75) is 26.3 Å². The van der Waals surface area contributed by atoms with E-state index in [2.05, 4.69) is 5.32 Å². The molecule has 0 spiro atoms. The first kappa shape index (κ1) is 15.6. The number of nitrogens with one attached hydrogen (secondary N) is 1. The standard InChI is InChI=1S/C18H17ClN2O2/c1-11-9-14(19)7-8-15(11)20-18(23)17-10-13-5-3-4-6-16(13)21(17)12(2)22/h3-9,17H,10H2,1-2H3,(H,20,23)/t17-/m1/s1. The third-order valence-electron chi connectivity index (χ3n) is 4.06. The van der Waals surface area contributed by atoms with E-state index in [1.807, 2.05) is 31.2 Å². The topological polar surface area (TPSA) is 49.4 Å². The van der Waals surface area contributed by atoms with Gasteiger partial charge in [-0.2, -0.15) is 0 Å². The number of nitrogens with zero attached hydrogens (tertiary/aromatic N) is 1. The highest BCUT2D eigenvalue weighted by molar-refractivity contribution is 6.30. The summed E-state index contributed by atoms with van der Waals surface area (Å²) in [5, 5.41) is 3.53. The largest absolute Gasteiger partial charge is 0.324 e. The van der Waals surface area contributed by atoms with Crippen LogP contribution in [0, 0.1) is 6.92 Å². The predicted octanol–water partition coefficient (Wildman–Crippen LogP) is 3.56. The van der Waals surface area contributed by atoms with E-state index >= 15 is 0 Å². The average Bonchev–Trinajstić information content (AvgIpc) is 2.89. The Morgan fingerprint density at radius 1 is 1.22 bits per heavy atom. The van der Waals surface area contributed by atoms with Crippen molar-refractivity contribution in [3.8, 4) is 0 Å². The van der Waals surface area contributed by atoms with Gasteiger partial charge in [0.05, 0.1) is 0 Å². The molecule has 0 radical (unpaired) electrons. The molecule has 3 rings (SSSR count). The van der Waals surface area contributed by atoms with Gasteiger partial charge in [-0.25, -0.2) is 0 Å². The molecular formula is C18H17ClN2O2. The summed E-state index contributed by atoms with van der Waals surface area (Å²) in [6, 6.07) is 12.4. The summed E-state index contributed by atoms with van der Waals surface area (Å²) >= 11 is 5.94. The van der Waals surface area contributed by atoms with Crippen molar-refractivity contribution in [1.82, 2.24) is 0 Å². The first-order chi connectivity index (χ1) is 11.0. The van der Waals surface area contributed by atoms with Gasteiger partial charge in [-0.05, 0) is 42.3 Å². The number of amides is 2. The molecule has 5 heteroatoms. The van der Waals surface area contributed by atoms with Crippen LogP contribution in [0.2, 0.25) is 5.02 Å². The highest BCUT2D eigenvalue weighted by atomic mass is 35.5. The molecule has 0 aromatic heterocycles. The van der Waals surface area contributed by atoms with Crippen molar-refractivity contribution in [3.05, 3.63) is 58.6 Å². The minimum atomic E-state index is -0.528. The molecule has 1 atom stereocenters. The number of aryl methyl sites for hydroxylation is 1. The maximum atomic E-state index is 12.7. The lowest BCUT2D eigenvalue weighted by molar-refractivity contribution is -0.122. The van der Waals surface area contributed by atoms with E-state index in [-0.39, 0.29) is 11.8 Å². The van der Waals surface area contributed by atoms with Crippen LogP contribution >= 0.6 is 11.6 Å². The average molecular weight is 329 g/mol. The number of carbonyl (C=O) groups is 2. The van der Waals surface area contributed by atoms with Gasteiger partial charge in [0.2, 0.25) is 11.8 Å². The van der Waals surface area contributed by atoms with Crippen molar-refractivity contribution >= 4 is 34.8 Å². The van der Waals surface area contributed by atoms with E-state index in [0.29, 0.717) is 17.1 Å². The third kappa shape index (κ3) is 2.94. The Kier molecular flexibility index (Phi) is 4.09. The second kappa shape index (κ2) is 6.05. The van der Waals surface area contributed by atoms with Crippen molar-refractivity contribution < 1.29 is 9.59 Å². The molecule has 2 aromatic rings. The van der Waals surface area contributed by atoms with Crippen molar-refractivity contribution in [2.75, 3.05) is 10.2 Å². The molecule has 0 fully saturated rings. The molecule has 4 nitrogen and oxygen atoms in total. The zero-order valence-electron chi connectivity index (χ0n) is 13.0. The second-order valence-corrected chi connectivity index (χ2v) is 6.12. The Bertz CT molecular complexity index is 788. The molecule has 0 bridgehead atoms. The smallest absolute Gasteiger partial charge is 0.247 e. The summed E-state index contributed by atoms with van der Waals surface area (Å²) in [7, 11) is 0. The highest BCUT2D eigenvalue weighted by Crippen LogP contribution is 2.33. The number of hydrogen-bond acceptors (Lipinski definition) is 2. The summed E-state index contributed by atoms with van der Waals surface area (Å²) in [6.07, 6.45) is 0.522. The number of fused-ring (bicyclic) bond motifs is 1. The molecule has 1 N–H and O–H groups in total. The van der Waals surface area contributed by atoms with Crippen LogP contribution in [0.5, 0.6) is 0 Å². The van der Waals surface area contributed by atoms with Crippen LogP contribution in [0.1, 0.15) is 18.1 Å². The number of para-hydroxylation sites is 1. The van der Waals surface area contributed by atoms with E-state index in [0.717, 1.165) is 16.8 Å². The molecule has 1 aliphatic rings. The number of anilines is 2. The number of rotatable bonds is 2. The van der Waals surface area contributed by atoms with Gasteiger partial charge < -0.3 is 5.32 Å². The summed E-state index contributed by atoms with van der Waals surface area (Å²) < 4.78 is 0. The highest BCUT2D eigenvalue weighted by Gasteiger charge is 2.36. The van der Waals surface area contributed by atoms with Gasteiger partial charge in [-0.1, -0.05) is 29.8 Å². The molecule has 0 aliphatic carbocycles. The molecule has 118 valence electrons. The Morgan fingerprint density at radius 2 is 1.96 bits per heavy atom. The van der Waals surface area contributed by atoms with Gasteiger partial charge in [-0.3, -0.25) is 14.5 Å². The maximum absolute atomic E-state index is 12.7. The number of hydrogen-bond donors (Lipinski definition) is 1. The van der Waals surface area contributed by atoms with Crippen molar-refractivity contribution in [2.24, 2.45) is 0 Å². The molecule has 2 aromatic carbocycles. The van der Waals surface area contributed by atoms with Gasteiger partial charge in [0, 0.05) is 29.7 Å². The summed E-state index contributed by atoms with van der Waals surface area (Å²) in [5.41, 5.74) is 3.42. The quantitative estimate of drug-likeness (QED) is 0.916. The number of benzene rings is 2. The Morgan fingerprint density at radius 3 is 2.65 bits per heavy atom. The lowest BCUT2D eigenvalue weighted by Crippen LogP contribution is -2.44. The van der Waals surface area contributed by atoms with Gasteiger partial charge in [0.15, 0.2) is 0 Å². The molecule has 0 saturated carbocycles. The molecular weight excluding hydrogens is 312 g/mol. The minimum Gasteiger partial charge on any atom is -0.324 e. The van der Waals surface area contributed by atoms with Crippen molar-refractivity contribution in [1.29, 1.82) is 0 Å². The number of carbonyl (C=O) groups excluding carboxylic acids is 2. The van der Waals surface area contributed by atoms with Crippen LogP contribution in [-0.4, -0.2) is 17.9 Å². The molecule has 1 heterocycles. The monoisotopic (exact) mass is 328 g/mol. The lowest BCUT2D eigenvalue weighted by atomic mass is 10.1. The van der Waals surface area contributed by atoms with Gasteiger partial charge in [0.25, 0.3) is 0 Å². The van der Waals surface area contributed by atoms with E-state index in [4.69, 9.17) is 11.6 Å². The maximum Gasteiger partial charge on any atom is 0.247 e. The predicted molar refractivity (Wildman–Crippen MR) is 91.9 cm³/mol. The summed E-state index contributed by atoms with van der Waals surface area (Å²) in [6.45, 7) is 3.36. The SMILES string of the molecule is CC(=O)N1c2ccccc2C[C@@H]1C(=O)Nc1ccc(Cl)cc1C. The molecule has 2 amide bonds. The lowest BCUT2D eigenvalue weighted by Gasteiger charge is -2.23. The molecule has 1 aliphatic heterocycles. The normalized spacial score (nSPS) is 16.1. The summed E-state index contributed by atoms with van der Waals surface area (Å²) in [5.74, 6) is -0.329. The van der Waals surface area contributed by atoms with E-state index in [1.165, 1.54) is 6.92 Å². The van der Waals surface area contributed by atoms with Crippen molar-refractivity contribution in [3.63, 3.8) is 0 Å². The molecule has 0 unspecified atom stereocenters. The van der Waals surface area contributed by atoms with Gasteiger partial charge in [-0.15, -0.1) is 0 Å². The van der Waals surface area contributed by atoms with Crippen LogP contribution in [0.4, 0.5) is 11.4 Å². The van der Waals surface area contributed by atoms with Crippen LogP contribution in [0.25, 0.3) is 0 Å². The first-order valence-corrected chi connectivity index (χ1v) is 7.80. The molecule has 23 heavy (non-hydrogen) atoms. The fourth-order valence-electron chi connectivity index (χ4n) is 2.97. The van der Waals surface area contributed by atoms with E-state index in [9.17, 15) is 9.59 Å². The zero-order valence-corrected chi connectivity index (χ0v) is 13.7. The van der Waals surface area contributed by atoms with Crippen LogP contribution in [-0.2, 0) is 16.0 Å². The second-order valence-electron chi connectivity index (χ2n) is 5.69. The van der Waals surface area contributed by atoms with Crippen LogP contribution in [0.3, 0.4) is 0 Å². The fraction of sp³-hybridized carbons (Fsp3) is 0.222. The Balaban J connectivity index is 1.86. The van der Waals surface area contributed by atoms with Crippen LogP contribution in [0.15, 0.2) is 42.5 Å². The summed E-state index contributed by atoms with van der Waals surface area (Å²) in [4.78, 5) is 26.3. The Labute approximate surface area is 140 Å². The van der Waals surface area contributed by atoms with Crippen LogP contribution < -0.4 is 10.2 Å². The Hall–Kier alpha value is -2.33. The minimum absolute atomic E-state index is 0.136. The fourth-order valence-corrected chi connectivity index (χ4v) is 3.20. The number of halogens is 1. The molecule has 0 saturated heterocycles. The van der Waals surface area contributed by atoms with E-state index < -0.39 is 6.04 Å². The van der Waals surface area contributed by atoms with E-state index in [1.54, 1.807) is 23.1 Å². The van der Waals surface area contributed by atoms with Gasteiger partial charge in [0.1, 0.15) is 6.04 Å². The zero-order chi connectivity index (χ0) is 16.6. The van der Waals surface area contributed by atoms with Gasteiger partial charge >= 0.3 is 0 Å². The first-order valence-electron chi connectivity index (χ1n) is 7.42. The third-order valence-corrected chi connectivity index (χ3v) is 4.30.